The average Bonchev–Trinajstić information content (AvgIpc) is 2.56. The van der Waals surface area contributed by atoms with Crippen LogP contribution in [0.2, 0.25) is 0 Å². The summed E-state index contributed by atoms with van der Waals surface area (Å²) in [6, 6.07) is 19.2. The molecule has 0 saturated heterocycles. The molecule has 112 valence electrons. The summed E-state index contributed by atoms with van der Waals surface area (Å²) in [5.74, 6) is 0. The molecule has 0 heterocycles. The van der Waals surface area contributed by atoms with Crippen LogP contribution < -0.4 is 5.32 Å². The second kappa shape index (κ2) is 8.48. The van der Waals surface area contributed by atoms with Gasteiger partial charge in [-0.2, -0.15) is 0 Å². The molecule has 0 radical (unpaired) electrons. The maximum atomic E-state index is 3.53. The van der Waals surface area contributed by atoms with Gasteiger partial charge in [0, 0.05) is 12.2 Å². The van der Waals surface area contributed by atoms with E-state index in [0.717, 1.165) is 19.6 Å². The second-order valence-electron chi connectivity index (χ2n) is 5.25. The summed E-state index contributed by atoms with van der Waals surface area (Å²) in [5, 5.41) is 3.53. The molecule has 2 nitrogen and oxygen atoms in total. The first-order valence-electron chi connectivity index (χ1n) is 7.95. The summed E-state index contributed by atoms with van der Waals surface area (Å²) in [7, 11) is 0. The Labute approximate surface area is 128 Å². The Hall–Kier alpha value is -1.80. The molecule has 2 aromatic rings. The van der Waals surface area contributed by atoms with E-state index in [1.807, 2.05) is 0 Å². The quantitative estimate of drug-likeness (QED) is 0.717. The second-order valence-corrected chi connectivity index (χ2v) is 5.25. The summed E-state index contributed by atoms with van der Waals surface area (Å²) in [6.45, 7) is 8.91. The van der Waals surface area contributed by atoms with Crippen LogP contribution in [-0.4, -0.2) is 31.1 Å². The lowest BCUT2D eigenvalue weighted by Crippen LogP contribution is -2.25. The van der Waals surface area contributed by atoms with Gasteiger partial charge in [0.05, 0.1) is 0 Å². The fraction of sp³-hybridized carbons (Fsp3) is 0.368. The Morgan fingerprint density at radius 2 is 1.57 bits per heavy atom. The predicted molar refractivity (Wildman–Crippen MR) is 92.8 cm³/mol. The standard InChI is InChI=1S/C19H26N2/c1-3-21(4-2)15-9-14-20-19-13-8-12-18(16-19)17-10-6-5-7-11-17/h5-8,10-13,16,20H,3-4,9,14-15H2,1-2H3. The van der Waals surface area contributed by atoms with Crippen molar-refractivity contribution < 1.29 is 0 Å². The van der Waals surface area contributed by atoms with Gasteiger partial charge >= 0.3 is 0 Å². The Kier molecular flexibility index (Phi) is 6.29. The number of hydrogen-bond acceptors (Lipinski definition) is 2. The zero-order chi connectivity index (χ0) is 14.9. The number of rotatable bonds is 8. The van der Waals surface area contributed by atoms with Gasteiger partial charge in [0.2, 0.25) is 0 Å². The Morgan fingerprint density at radius 3 is 2.29 bits per heavy atom. The van der Waals surface area contributed by atoms with Gasteiger partial charge in [0.1, 0.15) is 0 Å². The fourth-order valence-corrected chi connectivity index (χ4v) is 2.51. The van der Waals surface area contributed by atoms with E-state index in [-0.39, 0.29) is 0 Å². The van der Waals surface area contributed by atoms with Crippen molar-refractivity contribution in [3.63, 3.8) is 0 Å². The van der Waals surface area contributed by atoms with Crippen molar-refractivity contribution in [1.82, 2.24) is 4.90 Å². The molecule has 0 aliphatic carbocycles. The van der Waals surface area contributed by atoms with Gasteiger partial charge in [0.15, 0.2) is 0 Å². The number of nitrogens with zero attached hydrogens (tertiary/aromatic N) is 1. The van der Waals surface area contributed by atoms with Crippen LogP contribution in [0.4, 0.5) is 5.69 Å². The van der Waals surface area contributed by atoms with Crippen molar-refractivity contribution in [3.05, 3.63) is 54.6 Å². The summed E-state index contributed by atoms with van der Waals surface area (Å²) < 4.78 is 0. The first-order chi connectivity index (χ1) is 10.3. The van der Waals surface area contributed by atoms with Gasteiger partial charge in [0.25, 0.3) is 0 Å². The van der Waals surface area contributed by atoms with Crippen LogP contribution in [0.25, 0.3) is 11.1 Å². The predicted octanol–water partition coefficient (Wildman–Crippen LogP) is 4.50. The van der Waals surface area contributed by atoms with Crippen LogP contribution >= 0.6 is 0 Å². The topological polar surface area (TPSA) is 15.3 Å². The SMILES string of the molecule is CCN(CC)CCCNc1cccc(-c2ccccc2)c1. The lowest BCUT2D eigenvalue weighted by atomic mass is 10.1. The normalized spacial score (nSPS) is 10.8. The summed E-state index contributed by atoms with van der Waals surface area (Å²) in [5.41, 5.74) is 3.74. The van der Waals surface area contributed by atoms with Crippen molar-refractivity contribution in [2.24, 2.45) is 0 Å². The molecule has 2 aromatic carbocycles. The maximum Gasteiger partial charge on any atom is 0.0346 e. The molecule has 0 unspecified atom stereocenters. The average molecular weight is 282 g/mol. The first-order valence-corrected chi connectivity index (χ1v) is 7.95. The molecule has 0 aliphatic rings. The third-order valence-corrected chi connectivity index (χ3v) is 3.84. The van der Waals surface area contributed by atoms with Crippen LogP contribution in [-0.2, 0) is 0 Å². The molecule has 0 aromatic heterocycles. The fourth-order valence-electron chi connectivity index (χ4n) is 2.51. The summed E-state index contributed by atoms with van der Waals surface area (Å²) in [6.07, 6.45) is 1.18. The van der Waals surface area contributed by atoms with E-state index in [9.17, 15) is 0 Å². The van der Waals surface area contributed by atoms with Gasteiger partial charge in [-0.3, -0.25) is 0 Å². The summed E-state index contributed by atoms with van der Waals surface area (Å²) >= 11 is 0. The molecule has 0 aliphatic heterocycles. The van der Waals surface area contributed by atoms with Crippen molar-refractivity contribution in [3.8, 4) is 11.1 Å². The highest BCUT2D eigenvalue weighted by atomic mass is 15.1. The van der Waals surface area contributed by atoms with Crippen LogP contribution in [0.3, 0.4) is 0 Å². The van der Waals surface area contributed by atoms with E-state index < -0.39 is 0 Å². The molecule has 0 saturated carbocycles. The molecule has 0 amide bonds. The maximum absolute atomic E-state index is 3.53. The molecule has 21 heavy (non-hydrogen) atoms. The van der Waals surface area contributed by atoms with Crippen molar-refractivity contribution in [1.29, 1.82) is 0 Å². The van der Waals surface area contributed by atoms with Gasteiger partial charge < -0.3 is 10.2 Å². The molecule has 2 heteroatoms. The van der Waals surface area contributed by atoms with Gasteiger partial charge in [-0.25, -0.2) is 0 Å². The molecule has 0 atom stereocenters. The molecular formula is C19H26N2. The zero-order valence-electron chi connectivity index (χ0n) is 13.2. The van der Waals surface area contributed by atoms with Crippen molar-refractivity contribution in [2.45, 2.75) is 20.3 Å². The molecule has 0 bridgehead atoms. The molecule has 0 fully saturated rings. The smallest absolute Gasteiger partial charge is 0.0346 e. The monoisotopic (exact) mass is 282 g/mol. The van der Waals surface area contributed by atoms with E-state index in [1.54, 1.807) is 0 Å². The minimum Gasteiger partial charge on any atom is -0.385 e. The number of hydrogen-bond donors (Lipinski definition) is 1. The third-order valence-electron chi connectivity index (χ3n) is 3.84. The van der Waals surface area contributed by atoms with Gasteiger partial charge in [-0.1, -0.05) is 56.3 Å². The largest absolute Gasteiger partial charge is 0.385 e. The van der Waals surface area contributed by atoms with Gasteiger partial charge in [-0.15, -0.1) is 0 Å². The number of anilines is 1. The van der Waals surface area contributed by atoms with Crippen LogP contribution in [0.15, 0.2) is 54.6 Å². The Morgan fingerprint density at radius 1 is 0.857 bits per heavy atom. The highest BCUT2D eigenvalue weighted by Gasteiger charge is 2.00. The Bertz CT molecular complexity index is 518. The van der Waals surface area contributed by atoms with E-state index in [4.69, 9.17) is 0 Å². The first kappa shape index (κ1) is 15.6. The lowest BCUT2D eigenvalue weighted by Gasteiger charge is -2.18. The van der Waals surface area contributed by atoms with E-state index in [2.05, 4.69) is 78.7 Å². The van der Waals surface area contributed by atoms with E-state index in [0.29, 0.717) is 0 Å². The highest BCUT2D eigenvalue weighted by molar-refractivity contribution is 5.67. The third kappa shape index (κ3) is 4.91. The number of nitrogens with one attached hydrogen (secondary N) is 1. The molecular weight excluding hydrogens is 256 g/mol. The van der Waals surface area contributed by atoms with Crippen molar-refractivity contribution >= 4 is 5.69 Å². The van der Waals surface area contributed by atoms with Crippen molar-refractivity contribution in [2.75, 3.05) is 31.5 Å². The van der Waals surface area contributed by atoms with Crippen LogP contribution in [0.1, 0.15) is 20.3 Å². The van der Waals surface area contributed by atoms with Crippen LogP contribution in [0, 0.1) is 0 Å². The van der Waals surface area contributed by atoms with Gasteiger partial charge in [-0.05, 0) is 49.3 Å². The lowest BCUT2D eigenvalue weighted by molar-refractivity contribution is 0.303. The van der Waals surface area contributed by atoms with E-state index in [1.165, 1.54) is 29.8 Å². The highest BCUT2D eigenvalue weighted by Crippen LogP contribution is 2.22. The van der Waals surface area contributed by atoms with Crippen LogP contribution in [0.5, 0.6) is 0 Å². The zero-order valence-corrected chi connectivity index (χ0v) is 13.2. The molecule has 0 spiro atoms. The minimum absolute atomic E-state index is 1.02. The number of benzene rings is 2. The summed E-state index contributed by atoms with van der Waals surface area (Å²) in [4.78, 5) is 2.46. The Balaban J connectivity index is 1.87. The molecule has 2 rings (SSSR count). The minimum atomic E-state index is 1.02. The molecule has 1 N–H and O–H groups in total. The van der Waals surface area contributed by atoms with E-state index >= 15 is 0 Å².